The van der Waals surface area contributed by atoms with E-state index >= 15 is 0 Å². The van der Waals surface area contributed by atoms with Gasteiger partial charge >= 0.3 is 0 Å². The number of hydrogen-bond acceptors (Lipinski definition) is 2. The van der Waals surface area contributed by atoms with Crippen LogP contribution in [-0.2, 0) is 0 Å². The lowest BCUT2D eigenvalue weighted by atomic mass is 10.2. The van der Waals surface area contributed by atoms with Gasteiger partial charge < -0.3 is 5.43 Å². The third-order valence-corrected chi connectivity index (χ3v) is 1.50. The number of hydrazine groups is 1. The van der Waals surface area contributed by atoms with Crippen LogP contribution in [0, 0.1) is 5.92 Å². The molecule has 1 unspecified atom stereocenters. The largest absolute Gasteiger partial charge is 0.306 e. The number of allylic oxidation sites excluding steroid dienone is 2. The minimum atomic E-state index is 0.440. The van der Waals surface area contributed by atoms with Crippen molar-refractivity contribution >= 4 is 0 Å². The molecule has 2 heteroatoms. The summed E-state index contributed by atoms with van der Waals surface area (Å²) in [5.74, 6) is 0.833. The van der Waals surface area contributed by atoms with Crippen LogP contribution in [0.2, 0.25) is 0 Å². The van der Waals surface area contributed by atoms with Gasteiger partial charge in [0.25, 0.3) is 0 Å². The molecule has 2 aliphatic rings. The molecular formula is C13H24N2. The van der Waals surface area contributed by atoms with Crippen LogP contribution < -0.4 is 5.43 Å². The quantitative estimate of drug-likeness (QED) is 0.656. The summed E-state index contributed by atoms with van der Waals surface area (Å²) in [6, 6.07) is 0.440. The van der Waals surface area contributed by atoms with E-state index < -0.39 is 0 Å². The van der Waals surface area contributed by atoms with Crippen molar-refractivity contribution in [1.82, 2.24) is 10.4 Å². The summed E-state index contributed by atoms with van der Waals surface area (Å²) >= 11 is 0. The molecule has 2 aliphatic heterocycles. The number of fused-ring (bicyclic) bond motifs is 1. The minimum Gasteiger partial charge on any atom is -0.306 e. The van der Waals surface area contributed by atoms with Gasteiger partial charge in [0.2, 0.25) is 0 Å². The van der Waals surface area contributed by atoms with Gasteiger partial charge in [-0.3, -0.25) is 5.01 Å². The molecule has 0 aromatic rings. The molecule has 0 fully saturated rings. The summed E-state index contributed by atoms with van der Waals surface area (Å²) in [6.07, 6.45) is 12.3. The van der Waals surface area contributed by atoms with Crippen LogP contribution in [-0.4, -0.2) is 11.1 Å². The van der Waals surface area contributed by atoms with Crippen molar-refractivity contribution in [2.45, 2.75) is 40.7 Å². The average molecular weight is 208 g/mol. The molecule has 0 spiro atoms. The highest BCUT2D eigenvalue weighted by molar-refractivity contribution is 5.20. The third-order valence-electron chi connectivity index (χ3n) is 1.50. The topological polar surface area (TPSA) is 15.3 Å². The lowest BCUT2D eigenvalue weighted by molar-refractivity contribution is 0.324. The normalized spacial score (nSPS) is 19.9. The van der Waals surface area contributed by atoms with Gasteiger partial charge in [-0.05, 0) is 18.1 Å². The first kappa shape index (κ1) is 13.8. The highest BCUT2D eigenvalue weighted by atomic mass is 15.5. The zero-order chi connectivity index (χ0) is 11.7. The van der Waals surface area contributed by atoms with Crippen LogP contribution in [0.5, 0.6) is 0 Å². The van der Waals surface area contributed by atoms with Crippen LogP contribution in [0.1, 0.15) is 34.6 Å². The highest BCUT2D eigenvalue weighted by Crippen LogP contribution is 2.10. The monoisotopic (exact) mass is 208 g/mol. The Kier molecular flexibility index (Phi) is 7.51. The van der Waals surface area contributed by atoms with Gasteiger partial charge in [-0.1, -0.05) is 46.8 Å². The Labute approximate surface area is 94.3 Å². The van der Waals surface area contributed by atoms with E-state index in [2.05, 4.69) is 44.4 Å². The summed E-state index contributed by atoms with van der Waals surface area (Å²) in [6.45, 7) is 10.5. The standard InChI is InChI=1S/C7H8N2.C4H10.C2H6/c1-2-6-9-7(3-1)4-5-8-9;1-4(2)3;1-2/h1-8H;4H,1-3H3;1-2H3. The molecule has 0 amide bonds. The first-order valence-electron chi connectivity index (χ1n) is 5.76. The number of rotatable bonds is 0. The molecule has 0 aromatic carbocycles. The first-order valence-corrected chi connectivity index (χ1v) is 5.76. The second kappa shape index (κ2) is 8.16. The summed E-state index contributed by atoms with van der Waals surface area (Å²) in [5, 5.41) is 2.04. The van der Waals surface area contributed by atoms with Crippen LogP contribution in [0.3, 0.4) is 0 Å². The van der Waals surface area contributed by atoms with E-state index in [1.54, 1.807) is 0 Å². The maximum Gasteiger partial charge on any atom is 0.0878 e. The summed E-state index contributed by atoms with van der Waals surface area (Å²) in [7, 11) is 0. The molecule has 2 heterocycles. The second-order valence-corrected chi connectivity index (χ2v) is 3.84. The predicted octanol–water partition coefficient (Wildman–Crippen LogP) is 3.46. The zero-order valence-corrected chi connectivity index (χ0v) is 10.6. The van der Waals surface area contributed by atoms with Crippen molar-refractivity contribution in [3.63, 3.8) is 0 Å². The van der Waals surface area contributed by atoms with Gasteiger partial charge in [0.05, 0.1) is 6.04 Å². The molecule has 86 valence electrons. The van der Waals surface area contributed by atoms with E-state index in [4.69, 9.17) is 0 Å². The van der Waals surface area contributed by atoms with Gasteiger partial charge in [-0.15, -0.1) is 0 Å². The summed E-state index contributed by atoms with van der Waals surface area (Å²) in [5.41, 5.74) is 3.07. The predicted molar refractivity (Wildman–Crippen MR) is 68.0 cm³/mol. The Balaban J connectivity index is 0.000000282. The van der Waals surface area contributed by atoms with Gasteiger partial charge in [-0.2, -0.15) is 0 Å². The minimum absolute atomic E-state index is 0.440. The van der Waals surface area contributed by atoms with Gasteiger partial charge in [0.15, 0.2) is 0 Å². The number of hydrogen-bond donors (Lipinski definition) is 1. The Bertz CT molecular complexity index is 224. The van der Waals surface area contributed by atoms with Gasteiger partial charge in [0.1, 0.15) is 0 Å². The first-order chi connectivity index (χ1) is 7.20. The Morgan fingerprint density at radius 3 is 2.20 bits per heavy atom. The van der Waals surface area contributed by atoms with Crippen LogP contribution in [0.4, 0.5) is 0 Å². The maximum atomic E-state index is 3.07. The molecule has 0 aliphatic carbocycles. The molecule has 2 rings (SSSR count). The average Bonchev–Trinajstić information content (AvgIpc) is 2.67. The maximum absolute atomic E-state index is 3.07. The van der Waals surface area contributed by atoms with E-state index in [9.17, 15) is 0 Å². The molecule has 0 bridgehead atoms. The van der Waals surface area contributed by atoms with E-state index in [-0.39, 0.29) is 0 Å². The molecule has 0 radical (unpaired) electrons. The fourth-order valence-electron chi connectivity index (χ4n) is 1.03. The van der Waals surface area contributed by atoms with Crippen molar-refractivity contribution in [3.8, 4) is 0 Å². The molecule has 15 heavy (non-hydrogen) atoms. The van der Waals surface area contributed by atoms with E-state index in [1.807, 2.05) is 37.3 Å². The molecule has 0 aromatic heterocycles. The smallest absolute Gasteiger partial charge is 0.0878 e. The summed E-state index contributed by atoms with van der Waals surface area (Å²) < 4.78 is 0. The highest BCUT2D eigenvalue weighted by Gasteiger charge is 2.13. The molecule has 1 atom stereocenters. The molecule has 0 saturated heterocycles. The van der Waals surface area contributed by atoms with Gasteiger partial charge in [-0.25, -0.2) is 0 Å². The molecule has 2 nitrogen and oxygen atoms in total. The second-order valence-electron chi connectivity index (χ2n) is 3.84. The fourth-order valence-corrected chi connectivity index (χ4v) is 1.03. The lowest BCUT2D eigenvalue weighted by Crippen LogP contribution is -2.31. The summed E-state index contributed by atoms with van der Waals surface area (Å²) in [4.78, 5) is 0. The van der Waals surface area contributed by atoms with Crippen LogP contribution >= 0.6 is 0 Å². The van der Waals surface area contributed by atoms with Crippen molar-refractivity contribution < 1.29 is 0 Å². The SMILES string of the molecule is C1=CC2C=CNN2C=C1.CC.CC(C)C. The van der Waals surface area contributed by atoms with E-state index in [1.165, 1.54) is 0 Å². The van der Waals surface area contributed by atoms with Crippen molar-refractivity contribution in [2.24, 2.45) is 5.92 Å². The molecule has 0 saturated carbocycles. The van der Waals surface area contributed by atoms with E-state index in [0.717, 1.165) is 5.92 Å². The zero-order valence-electron chi connectivity index (χ0n) is 10.6. The van der Waals surface area contributed by atoms with Crippen molar-refractivity contribution in [1.29, 1.82) is 0 Å². The molecule has 1 N–H and O–H groups in total. The van der Waals surface area contributed by atoms with Crippen molar-refractivity contribution in [3.05, 3.63) is 36.7 Å². The Morgan fingerprint density at radius 2 is 1.67 bits per heavy atom. The number of nitrogens with zero attached hydrogens (tertiary/aromatic N) is 1. The van der Waals surface area contributed by atoms with Crippen LogP contribution in [0.25, 0.3) is 0 Å². The lowest BCUT2D eigenvalue weighted by Gasteiger charge is -2.21. The van der Waals surface area contributed by atoms with Gasteiger partial charge in [0, 0.05) is 12.4 Å². The third kappa shape index (κ3) is 6.00. The molecular weight excluding hydrogens is 184 g/mol. The fraction of sp³-hybridized carbons (Fsp3) is 0.538. The Morgan fingerprint density at radius 1 is 1.07 bits per heavy atom. The van der Waals surface area contributed by atoms with Crippen molar-refractivity contribution in [2.75, 3.05) is 0 Å². The number of nitrogens with one attached hydrogen (secondary N) is 1. The van der Waals surface area contributed by atoms with Crippen LogP contribution in [0.15, 0.2) is 36.7 Å². The Hall–Kier alpha value is -1.18. The van der Waals surface area contributed by atoms with E-state index in [0.29, 0.717) is 6.04 Å².